The number of hydrogen-bond donors (Lipinski definition) is 1. The summed E-state index contributed by atoms with van der Waals surface area (Å²) in [7, 11) is 0. The van der Waals surface area contributed by atoms with E-state index in [4.69, 9.17) is 4.42 Å². The van der Waals surface area contributed by atoms with Gasteiger partial charge in [-0.05, 0) is 24.6 Å². The zero-order valence-electron chi connectivity index (χ0n) is 12.4. The molecule has 0 fully saturated rings. The SMILES string of the molecule is Cc1ccc(CNC(=O)c2nnc(-c3ccccc3F)o2)cc1. The molecule has 0 saturated heterocycles. The number of halogens is 1. The molecular weight excluding hydrogens is 297 g/mol. The Morgan fingerprint density at radius 1 is 1.13 bits per heavy atom. The van der Waals surface area contributed by atoms with E-state index >= 15 is 0 Å². The zero-order valence-corrected chi connectivity index (χ0v) is 12.4. The van der Waals surface area contributed by atoms with Gasteiger partial charge in [0.2, 0.25) is 0 Å². The summed E-state index contributed by atoms with van der Waals surface area (Å²) in [5.74, 6) is -1.21. The van der Waals surface area contributed by atoms with E-state index in [1.807, 2.05) is 31.2 Å². The summed E-state index contributed by atoms with van der Waals surface area (Å²) in [5, 5.41) is 10.1. The van der Waals surface area contributed by atoms with Crippen molar-refractivity contribution >= 4 is 5.91 Å². The smallest absolute Gasteiger partial charge is 0.309 e. The van der Waals surface area contributed by atoms with Crippen LogP contribution in [0.1, 0.15) is 21.8 Å². The van der Waals surface area contributed by atoms with Gasteiger partial charge in [-0.1, -0.05) is 42.0 Å². The Bertz CT molecular complexity index is 828. The normalized spacial score (nSPS) is 10.5. The molecule has 3 aromatic rings. The van der Waals surface area contributed by atoms with Crippen molar-refractivity contribution in [3.8, 4) is 11.5 Å². The molecule has 6 heteroatoms. The second-order valence-corrected chi connectivity index (χ2v) is 5.06. The lowest BCUT2D eigenvalue weighted by Crippen LogP contribution is -2.23. The minimum atomic E-state index is -0.499. The number of nitrogens with zero attached hydrogens (tertiary/aromatic N) is 2. The molecule has 0 bridgehead atoms. The first-order valence-electron chi connectivity index (χ1n) is 7.05. The third-order valence-corrected chi connectivity index (χ3v) is 3.30. The van der Waals surface area contributed by atoms with Crippen LogP contribution in [0.25, 0.3) is 11.5 Å². The van der Waals surface area contributed by atoms with Crippen molar-refractivity contribution < 1.29 is 13.6 Å². The molecule has 0 aliphatic rings. The summed E-state index contributed by atoms with van der Waals surface area (Å²) in [6, 6.07) is 13.8. The minimum Gasteiger partial charge on any atom is -0.412 e. The van der Waals surface area contributed by atoms with Crippen molar-refractivity contribution in [1.82, 2.24) is 15.5 Å². The Balaban J connectivity index is 1.69. The van der Waals surface area contributed by atoms with Gasteiger partial charge in [0, 0.05) is 6.54 Å². The highest BCUT2D eigenvalue weighted by Gasteiger charge is 2.17. The fraction of sp³-hybridized carbons (Fsp3) is 0.118. The lowest BCUT2D eigenvalue weighted by atomic mass is 10.1. The van der Waals surface area contributed by atoms with Crippen LogP contribution in [0.15, 0.2) is 52.9 Å². The lowest BCUT2D eigenvalue weighted by Gasteiger charge is -2.03. The molecule has 1 amide bonds. The van der Waals surface area contributed by atoms with Crippen molar-refractivity contribution in [3.63, 3.8) is 0 Å². The molecule has 1 N–H and O–H groups in total. The van der Waals surface area contributed by atoms with Crippen LogP contribution in [-0.2, 0) is 6.54 Å². The maximum Gasteiger partial charge on any atom is 0.309 e. The van der Waals surface area contributed by atoms with E-state index in [-0.39, 0.29) is 17.3 Å². The average Bonchev–Trinajstić information content (AvgIpc) is 3.04. The van der Waals surface area contributed by atoms with Crippen molar-refractivity contribution in [2.24, 2.45) is 0 Å². The van der Waals surface area contributed by atoms with E-state index in [1.165, 1.54) is 12.1 Å². The van der Waals surface area contributed by atoms with Gasteiger partial charge in [-0.25, -0.2) is 4.39 Å². The van der Waals surface area contributed by atoms with Crippen LogP contribution in [0.2, 0.25) is 0 Å². The van der Waals surface area contributed by atoms with Gasteiger partial charge in [-0.2, -0.15) is 0 Å². The maximum atomic E-state index is 13.7. The van der Waals surface area contributed by atoms with Crippen molar-refractivity contribution in [1.29, 1.82) is 0 Å². The zero-order chi connectivity index (χ0) is 16.2. The number of amides is 1. The molecule has 116 valence electrons. The molecule has 3 rings (SSSR count). The van der Waals surface area contributed by atoms with Gasteiger partial charge in [-0.15, -0.1) is 10.2 Å². The Morgan fingerprint density at radius 2 is 1.87 bits per heavy atom. The maximum absolute atomic E-state index is 13.7. The first-order chi connectivity index (χ1) is 11.1. The summed E-state index contributed by atoms with van der Waals surface area (Å²) in [5.41, 5.74) is 2.27. The highest BCUT2D eigenvalue weighted by Crippen LogP contribution is 2.20. The highest BCUT2D eigenvalue weighted by molar-refractivity contribution is 5.89. The summed E-state index contributed by atoms with van der Waals surface area (Å²) in [6.07, 6.45) is 0. The van der Waals surface area contributed by atoms with Gasteiger partial charge in [0.05, 0.1) is 5.56 Å². The molecule has 0 radical (unpaired) electrons. The molecule has 2 aromatic carbocycles. The molecule has 5 nitrogen and oxygen atoms in total. The van der Waals surface area contributed by atoms with Crippen LogP contribution in [0.5, 0.6) is 0 Å². The summed E-state index contributed by atoms with van der Waals surface area (Å²) >= 11 is 0. The average molecular weight is 311 g/mol. The van der Waals surface area contributed by atoms with Crippen LogP contribution in [0, 0.1) is 12.7 Å². The molecule has 1 aromatic heterocycles. The number of nitrogens with one attached hydrogen (secondary N) is 1. The molecular formula is C17H14FN3O2. The fourth-order valence-electron chi connectivity index (χ4n) is 2.02. The predicted molar refractivity (Wildman–Crippen MR) is 82.0 cm³/mol. The Kier molecular flexibility index (Phi) is 4.14. The predicted octanol–water partition coefficient (Wildman–Crippen LogP) is 3.11. The molecule has 0 spiro atoms. The fourth-order valence-corrected chi connectivity index (χ4v) is 2.02. The van der Waals surface area contributed by atoms with Gasteiger partial charge >= 0.3 is 11.8 Å². The summed E-state index contributed by atoms with van der Waals surface area (Å²) in [6.45, 7) is 2.33. The lowest BCUT2D eigenvalue weighted by molar-refractivity contribution is 0.0917. The van der Waals surface area contributed by atoms with E-state index in [0.717, 1.165) is 11.1 Å². The van der Waals surface area contributed by atoms with Crippen LogP contribution in [0.4, 0.5) is 4.39 Å². The number of aromatic nitrogens is 2. The van der Waals surface area contributed by atoms with Gasteiger partial charge in [0.15, 0.2) is 0 Å². The van der Waals surface area contributed by atoms with E-state index in [2.05, 4.69) is 15.5 Å². The van der Waals surface area contributed by atoms with E-state index in [0.29, 0.717) is 6.54 Å². The topological polar surface area (TPSA) is 68.0 Å². The summed E-state index contributed by atoms with van der Waals surface area (Å²) < 4.78 is 18.9. The standard InChI is InChI=1S/C17H14FN3O2/c1-11-6-8-12(9-7-11)10-19-15(22)17-21-20-16(23-17)13-4-2-3-5-14(13)18/h2-9H,10H2,1H3,(H,19,22). The largest absolute Gasteiger partial charge is 0.412 e. The number of carbonyl (C=O) groups is 1. The second kappa shape index (κ2) is 6.39. The number of carbonyl (C=O) groups excluding carboxylic acids is 1. The third kappa shape index (κ3) is 3.42. The van der Waals surface area contributed by atoms with E-state index in [1.54, 1.807) is 12.1 Å². The highest BCUT2D eigenvalue weighted by atomic mass is 19.1. The van der Waals surface area contributed by atoms with Crippen molar-refractivity contribution in [2.45, 2.75) is 13.5 Å². The molecule has 0 unspecified atom stereocenters. The Hall–Kier alpha value is -3.02. The van der Waals surface area contributed by atoms with E-state index in [9.17, 15) is 9.18 Å². The number of hydrogen-bond acceptors (Lipinski definition) is 4. The molecule has 0 aliphatic heterocycles. The molecule has 0 saturated carbocycles. The Morgan fingerprint density at radius 3 is 2.61 bits per heavy atom. The summed E-state index contributed by atoms with van der Waals surface area (Å²) in [4.78, 5) is 12.0. The first kappa shape index (κ1) is 14.9. The Labute approximate surface area is 132 Å². The second-order valence-electron chi connectivity index (χ2n) is 5.06. The quantitative estimate of drug-likeness (QED) is 0.804. The monoisotopic (exact) mass is 311 g/mol. The van der Waals surface area contributed by atoms with Crippen LogP contribution in [0.3, 0.4) is 0 Å². The van der Waals surface area contributed by atoms with Gasteiger partial charge < -0.3 is 9.73 Å². The molecule has 23 heavy (non-hydrogen) atoms. The van der Waals surface area contributed by atoms with Crippen LogP contribution >= 0.6 is 0 Å². The number of rotatable bonds is 4. The number of aryl methyl sites for hydroxylation is 1. The first-order valence-corrected chi connectivity index (χ1v) is 7.05. The van der Waals surface area contributed by atoms with Crippen molar-refractivity contribution in [3.05, 3.63) is 71.4 Å². The van der Waals surface area contributed by atoms with Crippen molar-refractivity contribution in [2.75, 3.05) is 0 Å². The molecule has 0 aliphatic carbocycles. The number of benzene rings is 2. The minimum absolute atomic E-state index is 0.0245. The van der Waals surface area contributed by atoms with Crippen LogP contribution < -0.4 is 5.32 Å². The molecule has 1 heterocycles. The van der Waals surface area contributed by atoms with E-state index < -0.39 is 11.7 Å². The van der Waals surface area contributed by atoms with Crippen LogP contribution in [-0.4, -0.2) is 16.1 Å². The van der Waals surface area contributed by atoms with Gasteiger partial charge in [0.25, 0.3) is 5.89 Å². The molecule has 0 atom stereocenters. The van der Waals surface area contributed by atoms with Gasteiger partial charge in [0.1, 0.15) is 5.82 Å². The van der Waals surface area contributed by atoms with Gasteiger partial charge in [-0.3, -0.25) is 4.79 Å². The third-order valence-electron chi connectivity index (χ3n) is 3.30.